The van der Waals surface area contributed by atoms with Gasteiger partial charge in [-0.15, -0.1) is 0 Å². The lowest BCUT2D eigenvalue weighted by molar-refractivity contribution is -0.138. The van der Waals surface area contributed by atoms with Crippen molar-refractivity contribution in [3.05, 3.63) is 29.8 Å². The average molecular weight is 338 g/mol. The van der Waals surface area contributed by atoms with Crippen LogP contribution in [0.2, 0.25) is 0 Å². The molecule has 0 aromatic heterocycles. The number of carbonyl (C=O) groups excluding carboxylic acids is 1. The molecule has 1 rings (SSSR count). The van der Waals surface area contributed by atoms with Gasteiger partial charge < -0.3 is 9.64 Å². The Morgan fingerprint density at radius 1 is 1.26 bits per heavy atom. The van der Waals surface area contributed by atoms with Crippen molar-refractivity contribution < 1.29 is 17.9 Å². The van der Waals surface area contributed by atoms with Gasteiger partial charge >= 0.3 is 0 Å². The van der Waals surface area contributed by atoms with Crippen LogP contribution in [0.1, 0.15) is 26.3 Å². The summed E-state index contributed by atoms with van der Waals surface area (Å²) in [6, 6.07) is 8.15. The van der Waals surface area contributed by atoms with Gasteiger partial charge in [0, 0.05) is 19.3 Å². The summed E-state index contributed by atoms with van der Waals surface area (Å²) < 4.78 is 28.8. The van der Waals surface area contributed by atoms with Crippen LogP contribution in [-0.2, 0) is 14.6 Å². The zero-order valence-corrected chi connectivity index (χ0v) is 14.8. The van der Waals surface area contributed by atoms with Gasteiger partial charge in [-0.3, -0.25) is 4.79 Å². The monoisotopic (exact) mass is 338 g/mol. The van der Waals surface area contributed by atoms with Crippen LogP contribution in [0, 0.1) is 11.3 Å². The number of rotatable bonds is 6. The third-order valence-electron chi connectivity index (χ3n) is 3.97. The van der Waals surface area contributed by atoms with Crippen LogP contribution < -0.4 is 4.74 Å². The van der Waals surface area contributed by atoms with Gasteiger partial charge in [0.05, 0.1) is 10.8 Å². The molecule has 126 valence electrons. The maximum Gasteiger partial charge on any atom is 0.263 e. The zero-order valence-electron chi connectivity index (χ0n) is 14.0. The van der Waals surface area contributed by atoms with E-state index in [0.717, 1.165) is 6.26 Å². The van der Waals surface area contributed by atoms with Crippen LogP contribution in [0.15, 0.2) is 24.3 Å². The summed E-state index contributed by atoms with van der Waals surface area (Å²) in [5, 5.41) is 8.35. The first kappa shape index (κ1) is 19.0. The van der Waals surface area contributed by atoms with Gasteiger partial charge in [-0.25, -0.2) is 8.42 Å². The van der Waals surface area contributed by atoms with E-state index in [0.29, 0.717) is 11.3 Å². The van der Waals surface area contributed by atoms with E-state index in [-0.39, 0.29) is 5.91 Å². The van der Waals surface area contributed by atoms with Crippen LogP contribution in [0.3, 0.4) is 0 Å². The number of amides is 1. The van der Waals surface area contributed by atoms with E-state index in [1.807, 2.05) is 6.07 Å². The molecule has 6 nitrogen and oxygen atoms in total. The summed E-state index contributed by atoms with van der Waals surface area (Å²) >= 11 is 0. The topological polar surface area (TPSA) is 87.5 Å². The Morgan fingerprint density at radius 2 is 1.83 bits per heavy atom. The van der Waals surface area contributed by atoms with Gasteiger partial charge in [0.1, 0.15) is 11.8 Å². The zero-order chi connectivity index (χ0) is 17.8. The normalized spacial score (nSPS) is 15.1. The SMILES string of the molecule is CC(Oc1ccccc1C#N)C(=O)N(C)C(C)C(C)S(C)(=O)=O. The lowest BCUT2D eigenvalue weighted by atomic mass is 10.2. The van der Waals surface area contributed by atoms with Crippen molar-refractivity contribution in [3.63, 3.8) is 0 Å². The van der Waals surface area contributed by atoms with Crippen LogP contribution in [0.25, 0.3) is 0 Å². The van der Waals surface area contributed by atoms with E-state index in [4.69, 9.17) is 10.00 Å². The molecule has 0 bridgehead atoms. The predicted molar refractivity (Wildman–Crippen MR) is 87.8 cm³/mol. The highest BCUT2D eigenvalue weighted by Crippen LogP contribution is 2.19. The molecule has 0 radical (unpaired) electrons. The van der Waals surface area contributed by atoms with E-state index in [2.05, 4.69) is 0 Å². The van der Waals surface area contributed by atoms with E-state index < -0.39 is 27.2 Å². The molecule has 0 saturated carbocycles. The third kappa shape index (κ3) is 4.70. The number of ether oxygens (including phenoxy) is 1. The molecule has 3 atom stereocenters. The van der Waals surface area contributed by atoms with Crippen LogP contribution in [-0.4, -0.2) is 49.9 Å². The number of nitrogens with zero attached hydrogens (tertiary/aromatic N) is 2. The molecule has 1 amide bonds. The van der Waals surface area contributed by atoms with Crippen LogP contribution in [0.5, 0.6) is 5.75 Å². The summed E-state index contributed by atoms with van der Waals surface area (Å²) in [5.74, 6) is -0.0196. The van der Waals surface area contributed by atoms with Gasteiger partial charge in [0.25, 0.3) is 5.91 Å². The first-order chi connectivity index (χ1) is 10.6. The summed E-state index contributed by atoms with van der Waals surface area (Å²) in [6.07, 6.45) is 0.318. The first-order valence-electron chi connectivity index (χ1n) is 7.21. The van der Waals surface area contributed by atoms with Crippen molar-refractivity contribution in [2.45, 2.75) is 38.2 Å². The molecule has 0 saturated heterocycles. The minimum atomic E-state index is -3.25. The Hall–Kier alpha value is -2.07. The van der Waals surface area contributed by atoms with Crippen molar-refractivity contribution in [3.8, 4) is 11.8 Å². The van der Waals surface area contributed by atoms with Gasteiger partial charge in [-0.2, -0.15) is 5.26 Å². The number of nitriles is 1. The molecular formula is C16H22N2O4S. The molecule has 1 aromatic rings. The van der Waals surface area contributed by atoms with E-state index in [1.54, 1.807) is 52.1 Å². The van der Waals surface area contributed by atoms with E-state index in [1.165, 1.54) is 4.90 Å². The van der Waals surface area contributed by atoms with Crippen molar-refractivity contribution in [2.24, 2.45) is 0 Å². The minimum Gasteiger partial charge on any atom is -0.480 e. The maximum atomic E-state index is 12.4. The fourth-order valence-corrected chi connectivity index (χ4v) is 2.96. The summed E-state index contributed by atoms with van der Waals surface area (Å²) in [6.45, 7) is 4.82. The molecule has 1 aromatic carbocycles. The fourth-order valence-electron chi connectivity index (χ4n) is 2.06. The second-order valence-electron chi connectivity index (χ2n) is 5.59. The second kappa shape index (κ2) is 7.47. The van der Waals surface area contributed by atoms with Gasteiger partial charge in [0.15, 0.2) is 15.9 Å². The number of sulfone groups is 1. The Labute approximate surface area is 137 Å². The van der Waals surface area contributed by atoms with Gasteiger partial charge in [-0.05, 0) is 32.9 Å². The van der Waals surface area contributed by atoms with E-state index >= 15 is 0 Å². The first-order valence-corrected chi connectivity index (χ1v) is 9.16. The van der Waals surface area contributed by atoms with Gasteiger partial charge in [-0.1, -0.05) is 12.1 Å². The second-order valence-corrected chi connectivity index (χ2v) is 8.00. The third-order valence-corrected chi connectivity index (χ3v) is 5.72. The number of benzene rings is 1. The van der Waals surface area contributed by atoms with E-state index in [9.17, 15) is 13.2 Å². The van der Waals surface area contributed by atoms with Crippen molar-refractivity contribution in [1.29, 1.82) is 5.26 Å². The lowest BCUT2D eigenvalue weighted by Gasteiger charge is -2.31. The molecule has 3 unspecified atom stereocenters. The molecule has 0 heterocycles. The number of likely N-dealkylation sites (N-methyl/N-ethyl adjacent to an activating group) is 1. The van der Waals surface area contributed by atoms with Crippen molar-refractivity contribution in [2.75, 3.05) is 13.3 Å². The Morgan fingerprint density at radius 3 is 2.35 bits per heavy atom. The Balaban J connectivity index is 2.86. The maximum absolute atomic E-state index is 12.4. The number of carbonyl (C=O) groups is 1. The molecule has 0 aliphatic carbocycles. The fraction of sp³-hybridized carbons (Fsp3) is 0.500. The quantitative estimate of drug-likeness (QED) is 0.786. The average Bonchev–Trinajstić information content (AvgIpc) is 2.51. The highest BCUT2D eigenvalue weighted by molar-refractivity contribution is 7.91. The highest BCUT2D eigenvalue weighted by atomic mass is 32.2. The molecule has 0 fully saturated rings. The molecule has 7 heteroatoms. The van der Waals surface area contributed by atoms with Gasteiger partial charge in [0.2, 0.25) is 0 Å². The summed E-state index contributed by atoms with van der Waals surface area (Å²) in [5.41, 5.74) is 0.340. The molecule has 0 aliphatic rings. The molecule has 0 spiro atoms. The Bertz CT molecular complexity index is 709. The molecule has 0 N–H and O–H groups in total. The highest BCUT2D eigenvalue weighted by Gasteiger charge is 2.30. The number of hydrogen-bond donors (Lipinski definition) is 0. The molecule has 23 heavy (non-hydrogen) atoms. The van der Waals surface area contributed by atoms with Crippen molar-refractivity contribution in [1.82, 2.24) is 4.90 Å². The number of hydrogen-bond acceptors (Lipinski definition) is 5. The smallest absolute Gasteiger partial charge is 0.263 e. The summed E-state index contributed by atoms with van der Waals surface area (Å²) in [4.78, 5) is 13.8. The predicted octanol–water partition coefficient (Wildman–Crippen LogP) is 1.61. The number of para-hydroxylation sites is 1. The molecular weight excluding hydrogens is 316 g/mol. The largest absolute Gasteiger partial charge is 0.480 e. The van der Waals surface area contributed by atoms with Crippen LogP contribution >= 0.6 is 0 Å². The van der Waals surface area contributed by atoms with Crippen LogP contribution in [0.4, 0.5) is 0 Å². The standard InChI is InChI=1S/C16H22N2O4S/c1-11(13(3)23(5,20)21)18(4)16(19)12(2)22-15-9-7-6-8-14(15)10-17/h6-9,11-13H,1-5H3. The summed E-state index contributed by atoms with van der Waals surface area (Å²) in [7, 11) is -1.71. The molecule has 0 aliphatic heterocycles. The van der Waals surface area contributed by atoms with Crippen molar-refractivity contribution >= 4 is 15.7 Å². The minimum absolute atomic E-state index is 0.327. The lowest BCUT2D eigenvalue weighted by Crippen LogP contribution is -2.48. The Kier molecular flexibility index (Phi) is 6.16.